The first-order valence-corrected chi connectivity index (χ1v) is 4.32. The Bertz CT molecular complexity index is 441. The zero-order valence-corrected chi connectivity index (χ0v) is 7.79. The van der Waals surface area contributed by atoms with Crippen LogP contribution in [0.4, 0.5) is 0 Å². The summed E-state index contributed by atoms with van der Waals surface area (Å²) in [5.41, 5.74) is 2.94. The first-order valence-electron chi connectivity index (χ1n) is 4.32. The summed E-state index contributed by atoms with van der Waals surface area (Å²) in [6.07, 6.45) is 0. The van der Waals surface area contributed by atoms with Crippen LogP contribution < -0.4 is 0 Å². The Kier molecular flexibility index (Phi) is 1.85. The molecule has 2 nitrogen and oxygen atoms in total. The van der Waals surface area contributed by atoms with Crippen LogP contribution in [0.2, 0.25) is 0 Å². The molecule has 68 valence electrons. The van der Waals surface area contributed by atoms with Crippen molar-refractivity contribution in [3.05, 3.63) is 35.1 Å². The van der Waals surface area contributed by atoms with Crippen molar-refractivity contribution in [2.45, 2.75) is 20.5 Å². The maximum Gasteiger partial charge on any atom is 0.134 e. The van der Waals surface area contributed by atoms with Crippen molar-refractivity contribution in [3.63, 3.8) is 0 Å². The average Bonchev–Trinajstić information content (AvgIpc) is 2.40. The van der Waals surface area contributed by atoms with Gasteiger partial charge in [-0.15, -0.1) is 0 Å². The third-order valence-corrected chi connectivity index (χ3v) is 2.31. The summed E-state index contributed by atoms with van der Waals surface area (Å²) in [6.45, 7) is 3.95. The molecule has 2 heteroatoms. The van der Waals surface area contributed by atoms with E-state index < -0.39 is 0 Å². The average molecular weight is 176 g/mol. The van der Waals surface area contributed by atoms with Crippen LogP contribution in [-0.4, -0.2) is 5.11 Å². The van der Waals surface area contributed by atoms with Gasteiger partial charge in [0.1, 0.15) is 11.3 Å². The zero-order chi connectivity index (χ0) is 9.42. The summed E-state index contributed by atoms with van der Waals surface area (Å²) < 4.78 is 5.48. The molecule has 1 aromatic carbocycles. The molecule has 1 N–H and O–H groups in total. The number of rotatable bonds is 1. The number of fused-ring (bicyclic) bond motifs is 1. The van der Waals surface area contributed by atoms with E-state index in [4.69, 9.17) is 9.52 Å². The summed E-state index contributed by atoms with van der Waals surface area (Å²) in [6, 6.07) is 5.99. The molecular weight excluding hydrogens is 164 g/mol. The number of benzene rings is 1. The van der Waals surface area contributed by atoms with Gasteiger partial charge in [-0.3, -0.25) is 0 Å². The molecule has 2 aromatic rings. The number of aliphatic hydroxyl groups is 1. The Balaban J connectivity index is 2.80. The number of hydrogen-bond donors (Lipinski definition) is 1. The SMILES string of the molecule is Cc1ccc2oc(C)c(CO)c2c1. The third kappa shape index (κ3) is 1.23. The molecule has 0 bridgehead atoms. The van der Waals surface area contributed by atoms with Crippen LogP contribution in [0, 0.1) is 13.8 Å². The van der Waals surface area contributed by atoms with Gasteiger partial charge < -0.3 is 9.52 Å². The molecule has 0 radical (unpaired) electrons. The van der Waals surface area contributed by atoms with Gasteiger partial charge in [0.15, 0.2) is 0 Å². The molecule has 2 rings (SSSR count). The van der Waals surface area contributed by atoms with Gasteiger partial charge in [-0.1, -0.05) is 11.6 Å². The van der Waals surface area contributed by atoms with Gasteiger partial charge >= 0.3 is 0 Å². The van der Waals surface area contributed by atoms with Crippen molar-refractivity contribution in [2.75, 3.05) is 0 Å². The van der Waals surface area contributed by atoms with E-state index in [9.17, 15) is 0 Å². The molecule has 0 fully saturated rings. The lowest BCUT2D eigenvalue weighted by molar-refractivity contribution is 0.280. The van der Waals surface area contributed by atoms with Crippen molar-refractivity contribution >= 4 is 11.0 Å². The largest absolute Gasteiger partial charge is 0.461 e. The summed E-state index contributed by atoms with van der Waals surface area (Å²) in [4.78, 5) is 0. The van der Waals surface area contributed by atoms with E-state index in [0.717, 1.165) is 22.3 Å². The molecule has 13 heavy (non-hydrogen) atoms. The third-order valence-electron chi connectivity index (χ3n) is 2.31. The van der Waals surface area contributed by atoms with Gasteiger partial charge in [0, 0.05) is 10.9 Å². The Hall–Kier alpha value is -1.28. The molecular formula is C11H12O2. The van der Waals surface area contributed by atoms with E-state index in [1.807, 2.05) is 32.0 Å². The second kappa shape index (κ2) is 2.89. The first-order chi connectivity index (χ1) is 6.22. The number of aryl methyl sites for hydroxylation is 2. The minimum atomic E-state index is 0.0439. The smallest absolute Gasteiger partial charge is 0.134 e. The van der Waals surface area contributed by atoms with E-state index >= 15 is 0 Å². The Morgan fingerprint density at radius 2 is 2.08 bits per heavy atom. The lowest BCUT2D eigenvalue weighted by Crippen LogP contribution is -1.82. The van der Waals surface area contributed by atoms with E-state index in [0.29, 0.717) is 0 Å². The van der Waals surface area contributed by atoms with Crippen molar-refractivity contribution < 1.29 is 9.52 Å². The lowest BCUT2D eigenvalue weighted by Gasteiger charge is -1.94. The molecule has 0 aliphatic heterocycles. The van der Waals surface area contributed by atoms with E-state index in [1.165, 1.54) is 5.56 Å². The molecule has 0 saturated carbocycles. The van der Waals surface area contributed by atoms with Crippen molar-refractivity contribution in [3.8, 4) is 0 Å². The lowest BCUT2D eigenvalue weighted by atomic mass is 10.1. The quantitative estimate of drug-likeness (QED) is 0.724. The van der Waals surface area contributed by atoms with Gasteiger partial charge in [0.05, 0.1) is 6.61 Å². The molecule has 0 amide bonds. The van der Waals surface area contributed by atoms with Crippen LogP contribution in [0.5, 0.6) is 0 Å². The highest BCUT2D eigenvalue weighted by atomic mass is 16.3. The van der Waals surface area contributed by atoms with Crippen molar-refractivity contribution in [2.24, 2.45) is 0 Å². The van der Waals surface area contributed by atoms with Crippen LogP contribution >= 0.6 is 0 Å². The summed E-state index contributed by atoms with van der Waals surface area (Å²) in [7, 11) is 0. The second-order valence-corrected chi connectivity index (χ2v) is 3.29. The highest BCUT2D eigenvalue weighted by Crippen LogP contribution is 2.26. The van der Waals surface area contributed by atoms with Gasteiger partial charge in [0.2, 0.25) is 0 Å². The molecule has 0 aliphatic rings. The summed E-state index contributed by atoms with van der Waals surface area (Å²) in [5, 5.41) is 10.2. The fraction of sp³-hybridized carbons (Fsp3) is 0.273. The minimum Gasteiger partial charge on any atom is -0.461 e. The molecule has 0 spiro atoms. The zero-order valence-electron chi connectivity index (χ0n) is 7.79. The molecule has 0 unspecified atom stereocenters. The molecule has 0 saturated heterocycles. The first kappa shape index (κ1) is 8.32. The minimum absolute atomic E-state index is 0.0439. The topological polar surface area (TPSA) is 33.4 Å². The Morgan fingerprint density at radius 1 is 1.31 bits per heavy atom. The monoisotopic (exact) mass is 176 g/mol. The molecule has 0 aliphatic carbocycles. The normalized spacial score (nSPS) is 11.0. The summed E-state index contributed by atoms with van der Waals surface area (Å²) >= 11 is 0. The Morgan fingerprint density at radius 3 is 2.77 bits per heavy atom. The molecule has 0 atom stereocenters. The number of aliphatic hydroxyl groups excluding tert-OH is 1. The highest BCUT2D eigenvalue weighted by Gasteiger charge is 2.08. The van der Waals surface area contributed by atoms with Crippen molar-refractivity contribution in [1.82, 2.24) is 0 Å². The molecule has 1 aromatic heterocycles. The standard InChI is InChI=1S/C11H12O2/c1-7-3-4-11-9(5-7)10(6-12)8(2)13-11/h3-5,12H,6H2,1-2H3. The molecule has 1 heterocycles. The highest BCUT2D eigenvalue weighted by molar-refractivity contribution is 5.82. The van der Waals surface area contributed by atoms with Crippen LogP contribution in [0.15, 0.2) is 22.6 Å². The van der Waals surface area contributed by atoms with E-state index in [-0.39, 0.29) is 6.61 Å². The predicted molar refractivity (Wildman–Crippen MR) is 51.6 cm³/mol. The van der Waals surface area contributed by atoms with Crippen molar-refractivity contribution in [1.29, 1.82) is 0 Å². The maximum atomic E-state index is 9.14. The van der Waals surface area contributed by atoms with Gasteiger partial charge in [0.25, 0.3) is 0 Å². The van der Waals surface area contributed by atoms with Gasteiger partial charge in [-0.05, 0) is 26.0 Å². The fourth-order valence-corrected chi connectivity index (χ4v) is 1.58. The van der Waals surface area contributed by atoms with Crippen LogP contribution in [0.25, 0.3) is 11.0 Å². The predicted octanol–water partition coefficient (Wildman–Crippen LogP) is 2.54. The Labute approximate surface area is 76.8 Å². The van der Waals surface area contributed by atoms with Crippen LogP contribution in [-0.2, 0) is 6.61 Å². The number of furan rings is 1. The summed E-state index contributed by atoms with van der Waals surface area (Å²) in [5.74, 6) is 0.808. The van der Waals surface area contributed by atoms with Gasteiger partial charge in [-0.25, -0.2) is 0 Å². The van der Waals surface area contributed by atoms with Crippen LogP contribution in [0.1, 0.15) is 16.9 Å². The van der Waals surface area contributed by atoms with Gasteiger partial charge in [-0.2, -0.15) is 0 Å². The fourth-order valence-electron chi connectivity index (χ4n) is 1.58. The van der Waals surface area contributed by atoms with Crippen LogP contribution in [0.3, 0.4) is 0 Å². The number of hydrogen-bond acceptors (Lipinski definition) is 2. The van der Waals surface area contributed by atoms with E-state index in [2.05, 4.69) is 0 Å². The second-order valence-electron chi connectivity index (χ2n) is 3.29. The van der Waals surface area contributed by atoms with E-state index in [1.54, 1.807) is 0 Å². The maximum absolute atomic E-state index is 9.14.